The van der Waals surface area contributed by atoms with Crippen molar-refractivity contribution in [2.24, 2.45) is 7.05 Å². The summed E-state index contributed by atoms with van der Waals surface area (Å²) in [4.78, 5) is 25.3. The third kappa shape index (κ3) is 6.68. The molecule has 0 aliphatic carbocycles. The second kappa shape index (κ2) is 12.2. The number of rotatable bonds is 12. The summed E-state index contributed by atoms with van der Waals surface area (Å²) in [5, 5.41) is 2.80. The van der Waals surface area contributed by atoms with E-state index in [0.29, 0.717) is 36.8 Å². The molecule has 0 atom stereocenters. The molecule has 0 saturated heterocycles. The van der Waals surface area contributed by atoms with Gasteiger partial charge in [0.2, 0.25) is 5.91 Å². The highest BCUT2D eigenvalue weighted by Gasteiger charge is 2.17. The average Bonchev–Trinajstić information content (AvgIpc) is 3.04. The molecule has 176 valence electrons. The standard InChI is InChI=1S/C25H31N3O4S/c1-4-15-31-21-10-12-22(13-11-21)32-16-18-33-17-14-23(29)26-24-19(2)27(3)28(25(24)30)20-8-6-5-7-9-20/h5-13H,4,14-18H2,1-3H3,(H,26,29). The Labute approximate surface area is 198 Å². The SMILES string of the molecule is CCCOc1ccc(OCCSCCC(=O)Nc2c(C)n(C)n(-c3ccccc3)c2=O)cc1. The Balaban J connectivity index is 1.41. The lowest BCUT2D eigenvalue weighted by atomic mass is 10.3. The van der Waals surface area contributed by atoms with Gasteiger partial charge in [0.05, 0.1) is 24.6 Å². The van der Waals surface area contributed by atoms with E-state index in [1.54, 1.807) is 28.2 Å². The highest BCUT2D eigenvalue weighted by atomic mass is 32.2. The highest BCUT2D eigenvalue weighted by Crippen LogP contribution is 2.18. The Hall–Kier alpha value is -3.13. The molecule has 0 unspecified atom stereocenters. The summed E-state index contributed by atoms with van der Waals surface area (Å²) < 4.78 is 14.6. The number of amides is 1. The first-order valence-corrected chi connectivity index (χ1v) is 12.2. The van der Waals surface area contributed by atoms with Crippen molar-refractivity contribution in [2.45, 2.75) is 26.7 Å². The number of hydrogen-bond donors (Lipinski definition) is 1. The number of aromatic nitrogens is 2. The lowest BCUT2D eigenvalue weighted by Crippen LogP contribution is -2.23. The molecule has 0 saturated carbocycles. The molecule has 1 heterocycles. The van der Waals surface area contributed by atoms with Gasteiger partial charge in [0.25, 0.3) is 5.56 Å². The van der Waals surface area contributed by atoms with Gasteiger partial charge < -0.3 is 14.8 Å². The predicted molar refractivity (Wildman–Crippen MR) is 134 cm³/mol. The van der Waals surface area contributed by atoms with E-state index in [2.05, 4.69) is 12.2 Å². The number of hydrogen-bond acceptors (Lipinski definition) is 5. The van der Waals surface area contributed by atoms with E-state index in [4.69, 9.17) is 9.47 Å². The fourth-order valence-electron chi connectivity index (χ4n) is 3.25. The molecule has 3 rings (SSSR count). The summed E-state index contributed by atoms with van der Waals surface area (Å²) in [5.74, 6) is 2.89. The molecule has 1 N–H and O–H groups in total. The van der Waals surface area contributed by atoms with Gasteiger partial charge in [-0.3, -0.25) is 14.3 Å². The summed E-state index contributed by atoms with van der Waals surface area (Å²) in [6, 6.07) is 17.0. The van der Waals surface area contributed by atoms with Gasteiger partial charge in [-0.1, -0.05) is 25.1 Å². The molecular formula is C25H31N3O4S. The molecule has 0 aliphatic rings. The fourth-order valence-corrected chi connectivity index (χ4v) is 3.99. The van der Waals surface area contributed by atoms with E-state index < -0.39 is 0 Å². The van der Waals surface area contributed by atoms with Crippen LogP contribution >= 0.6 is 11.8 Å². The predicted octanol–water partition coefficient (Wildman–Crippen LogP) is 4.41. The van der Waals surface area contributed by atoms with Crippen LogP contribution in [0.5, 0.6) is 11.5 Å². The van der Waals surface area contributed by atoms with Crippen molar-refractivity contribution in [1.29, 1.82) is 0 Å². The first-order valence-electron chi connectivity index (χ1n) is 11.1. The molecular weight excluding hydrogens is 438 g/mol. The normalized spacial score (nSPS) is 10.8. The first kappa shape index (κ1) is 24.5. The van der Waals surface area contributed by atoms with Crippen LogP contribution < -0.4 is 20.3 Å². The molecule has 2 aromatic carbocycles. The number of benzene rings is 2. The maximum Gasteiger partial charge on any atom is 0.295 e. The van der Waals surface area contributed by atoms with Crippen molar-refractivity contribution >= 4 is 23.4 Å². The summed E-state index contributed by atoms with van der Waals surface area (Å²) in [6.07, 6.45) is 1.30. The van der Waals surface area contributed by atoms with Crippen LogP contribution in [0.1, 0.15) is 25.5 Å². The zero-order valence-electron chi connectivity index (χ0n) is 19.4. The van der Waals surface area contributed by atoms with E-state index in [0.717, 1.165) is 29.4 Å². The summed E-state index contributed by atoms with van der Waals surface area (Å²) >= 11 is 1.64. The van der Waals surface area contributed by atoms with Crippen molar-refractivity contribution in [3.8, 4) is 17.2 Å². The van der Waals surface area contributed by atoms with Gasteiger partial charge in [0.1, 0.15) is 17.2 Å². The van der Waals surface area contributed by atoms with Crippen molar-refractivity contribution in [3.63, 3.8) is 0 Å². The topological polar surface area (TPSA) is 74.5 Å². The quantitative estimate of drug-likeness (QED) is 0.398. The minimum absolute atomic E-state index is 0.169. The van der Waals surface area contributed by atoms with Crippen LogP contribution in [0.3, 0.4) is 0 Å². The van der Waals surface area contributed by atoms with Gasteiger partial charge >= 0.3 is 0 Å². The smallest absolute Gasteiger partial charge is 0.295 e. The van der Waals surface area contributed by atoms with E-state index >= 15 is 0 Å². The van der Waals surface area contributed by atoms with Gasteiger partial charge in [-0.2, -0.15) is 11.8 Å². The Morgan fingerprint density at radius 1 is 0.970 bits per heavy atom. The lowest BCUT2D eigenvalue weighted by molar-refractivity contribution is -0.115. The molecule has 7 nitrogen and oxygen atoms in total. The Kier molecular flexibility index (Phi) is 9.06. The van der Waals surface area contributed by atoms with Crippen LogP contribution in [-0.4, -0.2) is 40.0 Å². The Bertz CT molecular complexity index is 1090. The summed E-state index contributed by atoms with van der Waals surface area (Å²) in [5.41, 5.74) is 1.56. The van der Waals surface area contributed by atoms with Crippen molar-refractivity contribution in [1.82, 2.24) is 9.36 Å². The third-order valence-corrected chi connectivity index (χ3v) is 6.03. The Morgan fingerprint density at radius 2 is 1.61 bits per heavy atom. The first-order chi connectivity index (χ1) is 16.0. The number of carbonyl (C=O) groups is 1. The molecule has 0 spiro atoms. The summed E-state index contributed by atoms with van der Waals surface area (Å²) in [7, 11) is 1.81. The number of para-hydroxylation sites is 1. The van der Waals surface area contributed by atoms with Crippen LogP contribution in [0.15, 0.2) is 59.4 Å². The number of carbonyl (C=O) groups excluding carboxylic acids is 1. The molecule has 1 aromatic heterocycles. The van der Waals surface area contributed by atoms with Gasteiger partial charge in [-0.05, 0) is 49.7 Å². The van der Waals surface area contributed by atoms with Gasteiger partial charge in [-0.15, -0.1) is 0 Å². The van der Waals surface area contributed by atoms with Crippen LogP contribution in [0.4, 0.5) is 5.69 Å². The van der Waals surface area contributed by atoms with Crippen molar-refractivity contribution in [2.75, 3.05) is 30.0 Å². The molecule has 33 heavy (non-hydrogen) atoms. The second-order valence-corrected chi connectivity index (χ2v) is 8.74. The molecule has 1 amide bonds. The average molecular weight is 470 g/mol. The molecule has 0 fully saturated rings. The molecule has 0 aliphatic heterocycles. The molecule has 0 bridgehead atoms. The van der Waals surface area contributed by atoms with E-state index in [1.165, 1.54) is 0 Å². The third-order valence-electron chi connectivity index (χ3n) is 5.09. The van der Waals surface area contributed by atoms with Crippen LogP contribution in [0.25, 0.3) is 5.69 Å². The van der Waals surface area contributed by atoms with E-state index in [1.807, 2.05) is 61.5 Å². The number of ether oxygens (including phenoxy) is 2. The molecule has 0 radical (unpaired) electrons. The zero-order chi connectivity index (χ0) is 23.6. The summed E-state index contributed by atoms with van der Waals surface area (Å²) in [6.45, 7) is 5.16. The largest absolute Gasteiger partial charge is 0.494 e. The van der Waals surface area contributed by atoms with Gasteiger partial charge in [-0.25, -0.2) is 4.68 Å². The highest BCUT2D eigenvalue weighted by molar-refractivity contribution is 7.99. The zero-order valence-corrected chi connectivity index (χ0v) is 20.2. The second-order valence-electron chi connectivity index (χ2n) is 7.52. The van der Waals surface area contributed by atoms with Crippen molar-refractivity contribution < 1.29 is 14.3 Å². The monoisotopic (exact) mass is 469 g/mol. The molecule has 8 heteroatoms. The lowest BCUT2D eigenvalue weighted by Gasteiger charge is -2.08. The number of thioether (sulfide) groups is 1. The van der Waals surface area contributed by atoms with E-state index in [9.17, 15) is 9.59 Å². The van der Waals surface area contributed by atoms with Crippen molar-refractivity contribution in [3.05, 3.63) is 70.6 Å². The Morgan fingerprint density at radius 3 is 2.24 bits per heavy atom. The minimum atomic E-state index is -0.235. The maximum atomic E-state index is 12.9. The van der Waals surface area contributed by atoms with E-state index in [-0.39, 0.29) is 11.5 Å². The fraction of sp³-hybridized carbons (Fsp3) is 0.360. The number of nitrogens with zero attached hydrogens (tertiary/aromatic N) is 2. The minimum Gasteiger partial charge on any atom is -0.494 e. The van der Waals surface area contributed by atoms with Crippen LogP contribution in [-0.2, 0) is 11.8 Å². The number of anilines is 1. The van der Waals surface area contributed by atoms with Gasteiger partial charge in [0, 0.05) is 25.0 Å². The maximum absolute atomic E-state index is 12.9. The van der Waals surface area contributed by atoms with Crippen LogP contribution in [0, 0.1) is 6.92 Å². The molecule has 3 aromatic rings. The number of nitrogens with one attached hydrogen (secondary N) is 1. The van der Waals surface area contributed by atoms with Crippen LogP contribution in [0.2, 0.25) is 0 Å². The van der Waals surface area contributed by atoms with Gasteiger partial charge in [0.15, 0.2) is 0 Å².